The van der Waals surface area contributed by atoms with E-state index in [-0.39, 0.29) is 0 Å². The number of aromatic amines is 2. The molecule has 3 heterocycles. The molecular weight excluding hydrogens is 382 g/mol. The maximum absolute atomic E-state index is 6.16. The van der Waals surface area contributed by atoms with Crippen molar-refractivity contribution in [3.05, 3.63) is 101 Å². The third-order valence-electron chi connectivity index (χ3n) is 5.48. The minimum Gasteiger partial charge on any atom is -0.487 e. The SMILES string of the molecule is CCCCCCCc1ccc(/C=C2\N=C(c3ccc[nH]3)C=C2OCc2ccccc2)[nH]1. The fourth-order valence-corrected chi connectivity index (χ4v) is 3.75. The highest BCUT2D eigenvalue weighted by molar-refractivity contribution is 6.11. The molecule has 4 nitrogen and oxygen atoms in total. The number of ether oxygens (including phenoxy) is 1. The summed E-state index contributed by atoms with van der Waals surface area (Å²) in [6.07, 6.45) is 13.6. The zero-order chi connectivity index (χ0) is 21.3. The molecule has 0 amide bonds. The molecule has 0 saturated heterocycles. The molecule has 3 aromatic rings. The number of nitrogens with one attached hydrogen (secondary N) is 2. The van der Waals surface area contributed by atoms with Crippen molar-refractivity contribution < 1.29 is 4.74 Å². The molecule has 1 aliphatic rings. The fraction of sp³-hybridized carbons (Fsp3) is 0.296. The van der Waals surface area contributed by atoms with Crippen LogP contribution in [-0.2, 0) is 17.8 Å². The highest BCUT2D eigenvalue weighted by Gasteiger charge is 2.18. The number of unbranched alkanes of at least 4 members (excludes halogenated alkanes) is 4. The van der Waals surface area contributed by atoms with Gasteiger partial charge in [0, 0.05) is 23.7 Å². The van der Waals surface area contributed by atoms with Crippen molar-refractivity contribution in [3.63, 3.8) is 0 Å². The second kappa shape index (κ2) is 10.7. The number of hydrogen-bond donors (Lipinski definition) is 2. The summed E-state index contributed by atoms with van der Waals surface area (Å²) in [6, 6.07) is 18.5. The largest absolute Gasteiger partial charge is 0.487 e. The summed E-state index contributed by atoms with van der Waals surface area (Å²) in [5.41, 5.74) is 6.21. The number of aryl methyl sites for hydroxylation is 1. The molecule has 0 unspecified atom stereocenters. The van der Waals surface area contributed by atoms with E-state index in [0.29, 0.717) is 6.61 Å². The Balaban J connectivity index is 1.46. The summed E-state index contributed by atoms with van der Waals surface area (Å²) in [5.74, 6) is 0.796. The molecule has 31 heavy (non-hydrogen) atoms. The number of allylic oxidation sites excluding steroid dienone is 1. The summed E-state index contributed by atoms with van der Waals surface area (Å²) in [4.78, 5) is 11.6. The van der Waals surface area contributed by atoms with E-state index in [1.54, 1.807) is 0 Å². The number of nitrogens with zero attached hydrogens (tertiary/aromatic N) is 1. The van der Waals surface area contributed by atoms with Crippen molar-refractivity contribution in [1.82, 2.24) is 9.97 Å². The Kier molecular flexibility index (Phi) is 7.22. The zero-order valence-electron chi connectivity index (χ0n) is 18.2. The van der Waals surface area contributed by atoms with Crippen LogP contribution >= 0.6 is 0 Å². The zero-order valence-corrected chi connectivity index (χ0v) is 18.2. The lowest BCUT2D eigenvalue weighted by Gasteiger charge is -2.08. The molecular formula is C27H31N3O. The van der Waals surface area contributed by atoms with Gasteiger partial charge in [0.1, 0.15) is 18.1 Å². The van der Waals surface area contributed by atoms with Gasteiger partial charge in [0.15, 0.2) is 0 Å². The first-order valence-electron chi connectivity index (χ1n) is 11.3. The quantitative estimate of drug-likeness (QED) is 0.334. The normalized spacial score (nSPS) is 14.7. The molecule has 2 N–H and O–H groups in total. The van der Waals surface area contributed by atoms with Gasteiger partial charge in [0.05, 0.1) is 11.4 Å². The first kappa shape index (κ1) is 21.0. The Labute approximate surface area is 184 Å². The molecule has 0 aliphatic carbocycles. The van der Waals surface area contributed by atoms with Gasteiger partial charge in [-0.15, -0.1) is 0 Å². The van der Waals surface area contributed by atoms with Crippen LogP contribution in [0.25, 0.3) is 6.08 Å². The molecule has 4 rings (SSSR count). The van der Waals surface area contributed by atoms with Crippen LogP contribution in [0.1, 0.15) is 61.7 Å². The van der Waals surface area contributed by atoms with E-state index in [1.165, 1.54) is 37.8 Å². The number of hydrogen-bond acceptors (Lipinski definition) is 2. The lowest BCUT2D eigenvalue weighted by Crippen LogP contribution is -1.95. The van der Waals surface area contributed by atoms with E-state index in [9.17, 15) is 0 Å². The lowest BCUT2D eigenvalue weighted by molar-refractivity contribution is 0.208. The van der Waals surface area contributed by atoms with Crippen molar-refractivity contribution in [3.8, 4) is 0 Å². The Morgan fingerprint density at radius 3 is 2.61 bits per heavy atom. The van der Waals surface area contributed by atoms with Crippen LogP contribution in [0.2, 0.25) is 0 Å². The molecule has 0 bridgehead atoms. The highest BCUT2D eigenvalue weighted by Crippen LogP contribution is 2.26. The molecule has 0 spiro atoms. The topological polar surface area (TPSA) is 53.2 Å². The Hall–Kier alpha value is -3.27. The molecule has 0 radical (unpaired) electrons. The summed E-state index contributed by atoms with van der Waals surface area (Å²) in [7, 11) is 0. The van der Waals surface area contributed by atoms with Crippen molar-refractivity contribution in [1.29, 1.82) is 0 Å². The molecule has 0 atom stereocenters. The molecule has 0 saturated carbocycles. The maximum Gasteiger partial charge on any atom is 0.147 e. The molecule has 160 valence electrons. The van der Waals surface area contributed by atoms with Gasteiger partial charge in [0.2, 0.25) is 0 Å². The van der Waals surface area contributed by atoms with Crippen LogP contribution in [0.15, 0.2) is 83.3 Å². The Bertz CT molecular complexity index is 1040. The molecule has 1 aliphatic heterocycles. The van der Waals surface area contributed by atoms with Crippen LogP contribution in [0.3, 0.4) is 0 Å². The van der Waals surface area contributed by atoms with Crippen LogP contribution in [0.4, 0.5) is 0 Å². The van der Waals surface area contributed by atoms with Crippen molar-refractivity contribution in [2.45, 2.75) is 52.1 Å². The fourth-order valence-electron chi connectivity index (χ4n) is 3.75. The van der Waals surface area contributed by atoms with Gasteiger partial charge >= 0.3 is 0 Å². The van der Waals surface area contributed by atoms with E-state index >= 15 is 0 Å². The lowest BCUT2D eigenvalue weighted by atomic mass is 10.1. The average Bonchev–Trinajstić information content (AvgIpc) is 3.55. The van der Waals surface area contributed by atoms with E-state index in [2.05, 4.69) is 47.2 Å². The second-order valence-electron chi connectivity index (χ2n) is 8.00. The van der Waals surface area contributed by atoms with Gasteiger partial charge in [0.25, 0.3) is 0 Å². The first-order chi connectivity index (χ1) is 15.3. The van der Waals surface area contributed by atoms with Gasteiger partial charge < -0.3 is 14.7 Å². The van der Waals surface area contributed by atoms with E-state index in [4.69, 9.17) is 9.73 Å². The predicted octanol–water partition coefficient (Wildman–Crippen LogP) is 6.80. The van der Waals surface area contributed by atoms with Crippen LogP contribution in [-0.4, -0.2) is 15.7 Å². The second-order valence-corrected chi connectivity index (χ2v) is 8.00. The molecule has 1 aromatic carbocycles. The number of aromatic nitrogens is 2. The Morgan fingerprint density at radius 2 is 1.81 bits per heavy atom. The van der Waals surface area contributed by atoms with Gasteiger partial charge in [-0.05, 0) is 48.7 Å². The van der Waals surface area contributed by atoms with Gasteiger partial charge in [-0.2, -0.15) is 0 Å². The van der Waals surface area contributed by atoms with Crippen molar-refractivity contribution in [2.75, 3.05) is 0 Å². The summed E-state index contributed by atoms with van der Waals surface area (Å²) < 4.78 is 6.16. The minimum atomic E-state index is 0.519. The third kappa shape index (κ3) is 5.88. The van der Waals surface area contributed by atoms with E-state index in [0.717, 1.165) is 40.5 Å². The highest BCUT2D eigenvalue weighted by atomic mass is 16.5. The smallest absolute Gasteiger partial charge is 0.147 e. The first-order valence-corrected chi connectivity index (χ1v) is 11.3. The molecule has 2 aromatic heterocycles. The van der Waals surface area contributed by atoms with E-state index in [1.807, 2.05) is 42.6 Å². The molecule has 4 heteroatoms. The summed E-state index contributed by atoms with van der Waals surface area (Å²) in [6.45, 7) is 2.77. The van der Waals surface area contributed by atoms with Crippen molar-refractivity contribution >= 4 is 11.8 Å². The average molecular weight is 414 g/mol. The van der Waals surface area contributed by atoms with Crippen LogP contribution in [0.5, 0.6) is 0 Å². The number of aliphatic imine (C=N–C) groups is 1. The van der Waals surface area contributed by atoms with Gasteiger partial charge in [-0.1, -0.05) is 62.9 Å². The molecule has 0 fully saturated rings. The summed E-state index contributed by atoms with van der Waals surface area (Å²) in [5, 5.41) is 0. The minimum absolute atomic E-state index is 0.519. The monoisotopic (exact) mass is 413 g/mol. The number of H-pyrrole nitrogens is 2. The maximum atomic E-state index is 6.16. The number of rotatable bonds is 11. The van der Waals surface area contributed by atoms with Crippen LogP contribution < -0.4 is 0 Å². The van der Waals surface area contributed by atoms with Crippen LogP contribution in [0, 0.1) is 0 Å². The predicted molar refractivity (Wildman–Crippen MR) is 128 cm³/mol. The summed E-state index contributed by atoms with van der Waals surface area (Å²) >= 11 is 0. The van der Waals surface area contributed by atoms with E-state index < -0.39 is 0 Å². The third-order valence-corrected chi connectivity index (χ3v) is 5.48. The van der Waals surface area contributed by atoms with Crippen molar-refractivity contribution in [2.24, 2.45) is 4.99 Å². The number of benzene rings is 1. The van der Waals surface area contributed by atoms with Gasteiger partial charge in [-0.3, -0.25) is 0 Å². The Morgan fingerprint density at radius 1 is 0.935 bits per heavy atom. The van der Waals surface area contributed by atoms with Gasteiger partial charge in [-0.25, -0.2) is 4.99 Å². The standard InChI is InChI=1S/C27H31N3O/c1-2-3-4-5-9-13-22-15-16-23(29-22)18-26-27(31-20-21-11-7-6-8-12-21)19-25(30-26)24-14-10-17-28-24/h6-8,10-12,14-19,28-29H,2-5,9,13,20H2,1H3/b26-18-.